The number of fused-ring (bicyclic) bond motifs is 3. The monoisotopic (exact) mass is 455 g/mol. The molecule has 1 aliphatic carbocycles. The van der Waals surface area contributed by atoms with Crippen molar-refractivity contribution in [1.82, 2.24) is 5.32 Å². The van der Waals surface area contributed by atoms with E-state index in [4.69, 9.17) is 0 Å². The van der Waals surface area contributed by atoms with Crippen LogP contribution in [0.4, 0.5) is 0 Å². The number of carbonyl (C=O) groups is 1. The van der Waals surface area contributed by atoms with Crippen molar-refractivity contribution in [1.29, 1.82) is 0 Å². The summed E-state index contributed by atoms with van der Waals surface area (Å²) < 4.78 is -0.135. The summed E-state index contributed by atoms with van der Waals surface area (Å²) in [5.41, 5.74) is 5.82. The zero-order chi connectivity index (χ0) is 18.5. The smallest absolute Gasteiger partial charge is 0.237 e. The van der Waals surface area contributed by atoms with Gasteiger partial charge in [0.15, 0.2) is 0 Å². The summed E-state index contributed by atoms with van der Waals surface area (Å²) >= 11 is 2.24. The van der Waals surface area contributed by atoms with E-state index in [2.05, 4.69) is 83.0 Å². The topological polar surface area (TPSA) is 29.1 Å². The minimum Gasteiger partial charge on any atom is -0.326 e. The van der Waals surface area contributed by atoms with Gasteiger partial charge in [-0.3, -0.25) is 4.79 Å². The zero-order valence-electron chi connectivity index (χ0n) is 14.8. The highest BCUT2D eigenvalue weighted by atomic mass is 127. The average Bonchev–Trinajstić information content (AvgIpc) is 2.96. The lowest BCUT2D eigenvalue weighted by molar-refractivity contribution is -0.119. The Kier molecular flexibility index (Phi) is 6.09. The van der Waals surface area contributed by atoms with Gasteiger partial charge in [0.1, 0.15) is 0 Å². The summed E-state index contributed by atoms with van der Waals surface area (Å²) in [5.74, 6) is 0.254. The summed E-state index contributed by atoms with van der Waals surface area (Å²) in [6.45, 7) is 5.84. The molecule has 0 aliphatic heterocycles. The molecule has 3 heteroatoms. The second-order valence-electron chi connectivity index (χ2n) is 6.33. The van der Waals surface area contributed by atoms with E-state index in [-0.39, 0.29) is 15.7 Å². The van der Waals surface area contributed by atoms with Crippen molar-refractivity contribution in [3.05, 3.63) is 96.2 Å². The molecule has 0 spiro atoms. The van der Waals surface area contributed by atoms with E-state index in [1.807, 2.05) is 25.2 Å². The van der Waals surface area contributed by atoms with E-state index in [9.17, 15) is 4.79 Å². The molecule has 132 valence electrons. The Labute approximate surface area is 168 Å². The van der Waals surface area contributed by atoms with Gasteiger partial charge in [-0.2, -0.15) is 0 Å². The fourth-order valence-corrected chi connectivity index (χ4v) is 4.05. The molecule has 2 aromatic rings. The highest BCUT2D eigenvalue weighted by molar-refractivity contribution is 14.1. The summed E-state index contributed by atoms with van der Waals surface area (Å²) in [6.07, 6.45) is 8.29. The summed E-state index contributed by atoms with van der Waals surface area (Å²) in [5, 5.41) is 2.90. The van der Waals surface area contributed by atoms with Crippen LogP contribution < -0.4 is 5.32 Å². The largest absolute Gasteiger partial charge is 0.326 e. The number of allylic oxidation sites excluding steroid dienone is 4. The first kappa shape index (κ1) is 18.6. The van der Waals surface area contributed by atoms with Crippen molar-refractivity contribution in [2.24, 2.45) is 0 Å². The maximum Gasteiger partial charge on any atom is 0.237 e. The van der Waals surface area contributed by atoms with E-state index in [0.29, 0.717) is 5.70 Å². The van der Waals surface area contributed by atoms with Crippen molar-refractivity contribution in [2.75, 3.05) is 0 Å². The minimum atomic E-state index is -0.135. The second-order valence-corrected chi connectivity index (χ2v) is 7.83. The van der Waals surface area contributed by atoms with Crippen molar-refractivity contribution in [2.45, 2.75) is 23.2 Å². The predicted molar refractivity (Wildman–Crippen MR) is 117 cm³/mol. The number of benzene rings is 2. The maximum atomic E-state index is 12.6. The molecule has 0 heterocycles. The fourth-order valence-electron chi connectivity index (χ4n) is 3.39. The van der Waals surface area contributed by atoms with Crippen LogP contribution in [0.15, 0.2) is 85.1 Å². The van der Waals surface area contributed by atoms with Gasteiger partial charge in [-0.25, -0.2) is 0 Å². The number of alkyl halides is 1. The molecule has 0 radical (unpaired) electrons. The van der Waals surface area contributed by atoms with E-state index in [1.165, 1.54) is 22.3 Å². The van der Waals surface area contributed by atoms with Crippen molar-refractivity contribution < 1.29 is 4.79 Å². The van der Waals surface area contributed by atoms with Crippen LogP contribution in [0.3, 0.4) is 0 Å². The lowest BCUT2D eigenvalue weighted by Crippen LogP contribution is -2.30. The number of carbonyl (C=O) groups excluding carboxylic acids is 1. The van der Waals surface area contributed by atoms with Crippen LogP contribution in [0.2, 0.25) is 0 Å². The van der Waals surface area contributed by atoms with Gasteiger partial charge in [0.2, 0.25) is 5.91 Å². The van der Waals surface area contributed by atoms with E-state index >= 15 is 0 Å². The predicted octanol–water partition coefficient (Wildman–Crippen LogP) is 5.75. The molecule has 1 N–H and O–H groups in total. The molecule has 0 bridgehead atoms. The van der Waals surface area contributed by atoms with Crippen molar-refractivity contribution in [3.8, 4) is 11.1 Å². The first-order chi connectivity index (χ1) is 12.6. The van der Waals surface area contributed by atoms with E-state index < -0.39 is 0 Å². The Morgan fingerprint density at radius 3 is 2.27 bits per heavy atom. The van der Waals surface area contributed by atoms with Crippen LogP contribution in [0.1, 0.15) is 30.4 Å². The SMILES string of the molecule is C=C(/C=C\C=C/C)NC(=O)C(I)CC1c2ccccc2-c2ccccc21. The van der Waals surface area contributed by atoms with Gasteiger partial charge in [0, 0.05) is 11.6 Å². The van der Waals surface area contributed by atoms with Crippen LogP contribution in [0.5, 0.6) is 0 Å². The molecule has 1 aliphatic rings. The molecule has 2 nitrogen and oxygen atoms in total. The summed E-state index contributed by atoms with van der Waals surface area (Å²) in [4.78, 5) is 12.6. The average molecular weight is 455 g/mol. The Balaban J connectivity index is 1.74. The molecule has 26 heavy (non-hydrogen) atoms. The molecule has 0 fully saturated rings. The van der Waals surface area contributed by atoms with Gasteiger partial charge < -0.3 is 5.32 Å². The number of hydrogen-bond donors (Lipinski definition) is 1. The Bertz CT molecular complexity index is 836. The fraction of sp³-hybridized carbons (Fsp3) is 0.174. The van der Waals surface area contributed by atoms with Crippen molar-refractivity contribution >= 4 is 28.5 Å². The third kappa shape index (κ3) is 3.98. The molecule has 3 rings (SSSR count). The number of amides is 1. The first-order valence-corrected chi connectivity index (χ1v) is 9.97. The molecular formula is C23H22INO. The molecule has 1 unspecified atom stereocenters. The zero-order valence-corrected chi connectivity index (χ0v) is 16.9. The third-order valence-corrected chi connectivity index (χ3v) is 5.65. The van der Waals surface area contributed by atoms with E-state index in [0.717, 1.165) is 6.42 Å². The Morgan fingerprint density at radius 2 is 1.69 bits per heavy atom. The lowest BCUT2D eigenvalue weighted by Gasteiger charge is -2.18. The second kappa shape index (κ2) is 8.49. The third-order valence-electron chi connectivity index (χ3n) is 4.57. The van der Waals surface area contributed by atoms with Crippen LogP contribution in [-0.2, 0) is 4.79 Å². The molecule has 1 atom stereocenters. The standard InChI is InChI=1S/C23H22INO/c1-3-4-5-10-16(2)25-23(26)22(24)15-21-19-13-8-6-11-17(19)18-12-7-9-14-20(18)21/h3-14,21-22H,2,15H2,1H3,(H,25,26)/b4-3-,10-5-. The normalized spacial score (nSPS) is 14.4. The van der Waals surface area contributed by atoms with Crippen LogP contribution in [-0.4, -0.2) is 9.83 Å². The highest BCUT2D eigenvalue weighted by Gasteiger charge is 2.31. The van der Waals surface area contributed by atoms with Crippen LogP contribution in [0.25, 0.3) is 11.1 Å². The molecule has 1 amide bonds. The van der Waals surface area contributed by atoms with Crippen LogP contribution >= 0.6 is 22.6 Å². The van der Waals surface area contributed by atoms with Gasteiger partial charge in [-0.15, -0.1) is 0 Å². The quantitative estimate of drug-likeness (QED) is 0.335. The van der Waals surface area contributed by atoms with Crippen LogP contribution in [0, 0.1) is 0 Å². The molecule has 2 aromatic carbocycles. The lowest BCUT2D eigenvalue weighted by atomic mass is 9.92. The number of hydrogen-bond acceptors (Lipinski definition) is 1. The maximum absolute atomic E-state index is 12.6. The van der Waals surface area contributed by atoms with Gasteiger partial charge in [-0.05, 0) is 41.7 Å². The Hall–Kier alpha value is -2.14. The molecule has 0 aromatic heterocycles. The first-order valence-electron chi connectivity index (χ1n) is 8.73. The van der Waals surface area contributed by atoms with E-state index in [1.54, 1.807) is 6.08 Å². The van der Waals surface area contributed by atoms with Gasteiger partial charge in [-0.1, -0.05) is 95.9 Å². The number of rotatable bonds is 6. The highest BCUT2D eigenvalue weighted by Crippen LogP contribution is 2.47. The number of nitrogens with one attached hydrogen (secondary N) is 1. The van der Waals surface area contributed by atoms with Gasteiger partial charge in [0.05, 0.1) is 3.92 Å². The minimum absolute atomic E-state index is 0.00240. The Morgan fingerprint density at radius 1 is 1.12 bits per heavy atom. The summed E-state index contributed by atoms with van der Waals surface area (Å²) in [6, 6.07) is 17.0. The molecular weight excluding hydrogens is 433 g/mol. The number of halogens is 1. The van der Waals surface area contributed by atoms with Gasteiger partial charge in [0.25, 0.3) is 0 Å². The summed E-state index contributed by atoms with van der Waals surface area (Å²) in [7, 11) is 0. The molecule has 0 saturated carbocycles. The van der Waals surface area contributed by atoms with Gasteiger partial charge >= 0.3 is 0 Å². The van der Waals surface area contributed by atoms with Crippen molar-refractivity contribution in [3.63, 3.8) is 0 Å². The molecule has 0 saturated heterocycles.